The van der Waals surface area contributed by atoms with E-state index in [1.54, 1.807) is 41.4 Å². The molecule has 2 aromatic rings. The topological polar surface area (TPSA) is 91.8 Å². The van der Waals surface area contributed by atoms with Gasteiger partial charge in [-0.1, -0.05) is 0 Å². The van der Waals surface area contributed by atoms with E-state index in [1.165, 1.54) is 11.1 Å². The van der Waals surface area contributed by atoms with Crippen molar-refractivity contribution in [2.45, 2.75) is 13.8 Å². The molecule has 146 valence electrons. The fourth-order valence-electron chi connectivity index (χ4n) is 2.98. The summed E-state index contributed by atoms with van der Waals surface area (Å²) in [5, 5.41) is 2.70. The highest BCUT2D eigenvalue weighted by atomic mass is 16.5. The van der Waals surface area contributed by atoms with Gasteiger partial charge < -0.3 is 15.0 Å². The number of carbonyl (C=O) groups is 3. The van der Waals surface area contributed by atoms with Crippen LogP contribution in [0, 0.1) is 0 Å². The molecule has 0 unspecified atom stereocenters. The van der Waals surface area contributed by atoms with Crippen LogP contribution in [0.15, 0.2) is 42.7 Å². The Morgan fingerprint density at radius 1 is 1.25 bits per heavy atom. The maximum atomic E-state index is 12.6. The molecule has 8 nitrogen and oxygen atoms in total. The second-order valence-electron chi connectivity index (χ2n) is 6.22. The number of carbonyl (C=O) groups excluding carboxylic acids is 3. The molecule has 28 heavy (non-hydrogen) atoms. The minimum absolute atomic E-state index is 0.134. The fraction of sp³-hybridized carbons (Fsp3) is 0.300. The lowest BCUT2D eigenvalue weighted by Gasteiger charge is -2.29. The van der Waals surface area contributed by atoms with Crippen molar-refractivity contribution in [1.29, 1.82) is 0 Å². The Morgan fingerprint density at radius 3 is 2.71 bits per heavy atom. The normalized spacial score (nSPS) is 12.8. The number of pyridine rings is 1. The van der Waals surface area contributed by atoms with E-state index in [-0.39, 0.29) is 30.9 Å². The number of hydrogen-bond donors (Lipinski definition) is 1. The van der Waals surface area contributed by atoms with Crippen LogP contribution < -0.4 is 15.0 Å². The molecule has 0 fully saturated rings. The van der Waals surface area contributed by atoms with Crippen LogP contribution in [-0.2, 0) is 9.59 Å². The molecule has 1 aromatic heterocycles. The van der Waals surface area contributed by atoms with Gasteiger partial charge >= 0.3 is 0 Å². The number of anilines is 2. The number of ether oxygens (including phenoxy) is 1. The zero-order valence-electron chi connectivity index (χ0n) is 15.8. The minimum Gasteiger partial charge on any atom is -0.482 e. The Labute approximate surface area is 163 Å². The lowest BCUT2D eigenvalue weighted by molar-refractivity contribution is -0.123. The molecule has 0 saturated heterocycles. The Morgan fingerprint density at radius 2 is 2.04 bits per heavy atom. The second kappa shape index (κ2) is 8.51. The summed E-state index contributed by atoms with van der Waals surface area (Å²) in [7, 11) is 0. The van der Waals surface area contributed by atoms with Crippen LogP contribution in [0.5, 0.6) is 5.75 Å². The van der Waals surface area contributed by atoms with Crippen LogP contribution in [0.3, 0.4) is 0 Å². The van der Waals surface area contributed by atoms with E-state index in [9.17, 15) is 14.4 Å². The van der Waals surface area contributed by atoms with Crippen molar-refractivity contribution in [3.63, 3.8) is 0 Å². The summed E-state index contributed by atoms with van der Waals surface area (Å²) in [4.78, 5) is 44.4. The number of nitrogens with one attached hydrogen (secondary N) is 1. The third kappa shape index (κ3) is 4.11. The predicted molar refractivity (Wildman–Crippen MR) is 104 cm³/mol. The van der Waals surface area contributed by atoms with Crippen molar-refractivity contribution in [2.24, 2.45) is 0 Å². The van der Waals surface area contributed by atoms with E-state index in [2.05, 4.69) is 10.3 Å². The highest BCUT2D eigenvalue weighted by molar-refractivity contribution is 6.06. The first-order chi connectivity index (χ1) is 13.5. The van der Waals surface area contributed by atoms with Crippen LogP contribution in [0.25, 0.3) is 0 Å². The van der Waals surface area contributed by atoms with Crippen molar-refractivity contribution in [1.82, 2.24) is 9.88 Å². The predicted octanol–water partition coefficient (Wildman–Crippen LogP) is 1.93. The first-order valence-electron chi connectivity index (χ1n) is 9.09. The average Bonchev–Trinajstić information content (AvgIpc) is 2.71. The molecule has 0 aliphatic carbocycles. The summed E-state index contributed by atoms with van der Waals surface area (Å²) in [6.45, 7) is 4.63. The molecule has 3 rings (SSSR count). The van der Waals surface area contributed by atoms with E-state index in [4.69, 9.17) is 4.74 Å². The van der Waals surface area contributed by atoms with Gasteiger partial charge in [-0.25, -0.2) is 0 Å². The van der Waals surface area contributed by atoms with Gasteiger partial charge in [0.2, 0.25) is 5.91 Å². The van der Waals surface area contributed by atoms with Crippen LogP contribution in [-0.4, -0.2) is 53.8 Å². The minimum atomic E-state index is -0.366. The Hall–Kier alpha value is -3.42. The zero-order chi connectivity index (χ0) is 20.1. The van der Waals surface area contributed by atoms with Gasteiger partial charge in [-0.3, -0.25) is 24.3 Å². The summed E-state index contributed by atoms with van der Waals surface area (Å²) in [5.74, 6) is -0.383. The molecule has 0 radical (unpaired) electrons. The monoisotopic (exact) mass is 382 g/mol. The van der Waals surface area contributed by atoms with Gasteiger partial charge in [-0.2, -0.15) is 0 Å². The zero-order valence-corrected chi connectivity index (χ0v) is 15.8. The van der Waals surface area contributed by atoms with Crippen molar-refractivity contribution in [2.75, 3.05) is 36.5 Å². The van der Waals surface area contributed by atoms with Crippen molar-refractivity contribution in [3.05, 3.63) is 48.3 Å². The van der Waals surface area contributed by atoms with Crippen LogP contribution in [0.4, 0.5) is 11.4 Å². The number of benzene rings is 1. The summed E-state index contributed by atoms with van der Waals surface area (Å²) < 4.78 is 5.46. The molecule has 1 aliphatic heterocycles. The molecule has 1 aliphatic rings. The largest absolute Gasteiger partial charge is 0.482 e. The Kier molecular flexibility index (Phi) is 5.88. The third-order valence-electron chi connectivity index (χ3n) is 4.45. The van der Waals surface area contributed by atoms with E-state index < -0.39 is 0 Å². The number of fused-ring (bicyclic) bond motifs is 1. The standard InChI is InChI=1S/C20H22N4O4/c1-3-23(4-2)20(27)14-7-8-17-16(10-14)24(19(26)13-28-17)12-18(25)22-15-6-5-9-21-11-15/h5-11H,3-4,12-13H2,1-2H3,(H,22,25). The number of nitrogens with zero attached hydrogens (tertiary/aromatic N) is 3. The van der Waals surface area contributed by atoms with Gasteiger partial charge in [-0.05, 0) is 44.2 Å². The maximum absolute atomic E-state index is 12.6. The van der Waals surface area contributed by atoms with Gasteiger partial charge in [0, 0.05) is 24.8 Å². The Bertz CT molecular complexity index is 881. The third-order valence-corrected chi connectivity index (χ3v) is 4.45. The van der Waals surface area contributed by atoms with E-state index in [1.807, 2.05) is 13.8 Å². The maximum Gasteiger partial charge on any atom is 0.265 e. The summed E-state index contributed by atoms with van der Waals surface area (Å²) in [6.07, 6.45) is 3.12. The summed E-state index contributed by atoms with van der Waals surface area (Å²) in [6, 6.07) is 8.34. The summed E-state index contributed by atoms with van der Waals surface area (Å²) >= 11 is 0. The number of aromatic nitrogens is 1. The van der Waals surface area contributed by atoms with Crippen LogP contribution >= 0.6 is 0 Å². The molecule has 0 bridgehead atoms. The molecule has 0 atom stereocenters. The number of amides is 3. The first-order valence-corrected chi connectivity index (χ1v) is 9.09. The molecule has 1 N–H and O–H groups in total. The average molecular weight is 382 g/mol. The SMILES string of the molecule is CCN(CC)C(=O)c1ccc2c(c1)N(CC(=O)Nc1cccnc1)C(=O)CO2. The molecule has 3 amide bonds. The Balaban J connectivity index is 1.83. The lowest BCUT2D eigenvalue weighted by atomic mass is 10.1. The molecule has 0 saturated carbocycles. The van der Waals surface area contributed by atoms with Crippen LogP contribution in [0.1, 0.15) is 24.2 Å². The molecule has 0 spiro atoms. The molecule has 8 heteroatoms. The first kappa shape index (κ1) is 19.3. The fourth-order valence-corrected chi connectivity index (χ4v) is 2.98. The van der Waals surface area contributed by atoms with Gasteiger partial charge in [0.1, 0.15) is 12.3 Å². The van der Waals surface area contributed by atoms with Crippen molar-refractivity contribution >= 4 is 29.1 Å². The number of rotatable bonds is 6. The van der Waals surface area contributed by atoms with E-state index >= 15 is 0 Å². The molecular weight excluding hydrogens is 360 g/mol. The van der Waals surface area contributed by atoms with Gasteiger partial charge in [0.15, 0.2) is 6.61 Å². The van der Waals surface area contributed by atoms with Gasteiger partial charge in [0.05, 0.1) is 17.6 Å². The van der Waals surface area contributed by atoms with Gasteiger partial charge in [0.25, 0.3) is 11.8 Å². The number of hydrogen-bond acceptors (Lipinski definition) is 5. The smallest absolute Gasteiger partial charge is 0.265 e. The quantitative estimate of drug-likeness (QED) is 0.824. The highest BCUT2D eigenvalue weighted by Gasteiger charge is 2.28. The lowest BCUT2D eigenvalue weighted by Crippen LogP contribution is -2.43. The van der Waals surface area contributed by atoms with E-state index in [0.29, 0.717) is 35.8 Å². The van der Waals surface area contributed by atoms with E-state index in [0.717, 1.165) is 0 Å². The summed E-state index contributed by atoms with van der Waals surface area (Å²) in [5.41, 5.74) is 1.40. The van der Waals surface area contributed by atoms with Crippen LogP contribution in [0.2, 0.25) is 0 Å². The van der Waals surface area contributed by atoms with Crippen molar-refractivity contribution < 1.29 is 19.1 Å². The molecular formula is C20H22N4O4. The highest BCUT2D eigenvalue weighted by Crippen LogP contribution is 2.33. The van der Waals surface area contributed by atoms with Crippen molar-refractivity contribution in [3.8, 4) is 5.75 Å². The molecule has 2 heterocycles. The van der Waals surface area contributed by atoms with Gasteiger partial charge in [-0.15, -0.1) is 0 Å². The second-order valence-corrected chi connectivity index (χ2v) is 6.22. The molecule has 1 aromatic carbocycles.